The van der Waals surface area contributed by atoms with Gasteiger partial charge in [0.25, 0.3) is 0 Å². The Morgan fingerprint density at radius 2 is 1.81 bits per heavy atom. The van der Waals surface area contributed by atoms with Crippen molar-refractivity contribution in [3.63, 3.8) is 0 Å². The zero-order valence-electron chi connectivity index (χ0n) is 14.7. The molecule has 2 N–H and O–H groups in total. The second kappa shape index (κ2) is 9.11. The molecule has 1 aliphatic heterocycles. The Morgan fingerprint density at radius 1 is 1.00 bits per heavy atom. The Hall–Kier alpha value is -1.24. The lowest BCUT2D eigenvalue weighted by Gasteiger charge is -2.08. The molecule has 0 radical (unpaired) electrons. The van der Waals surface area contributed by atoms with Crippen LogP contribution < -0.4 is 10.1 Å². The van der Waals surface area contributed by atoms with Crippen LogP contribution in [0, 0.1) is 3.57 Å². The van der Waals surface area contributed by atoms with Crippen molar-refractivity contribution in [3.05, 3.63) is 62.9 Å². The molecule has 3 nitrogen and oxygen atoms in total. The normalized spacial score (nSPS) is 13.7. The van der Waals surface area contributed by atoms with Gasteiger partial charge < -0.3 is 15.0 Å². The van der Waals surface area contributed by atoms with Gasteiger partial charge in [-0.05, 0) is 89.9 Å². The number of H-pyrrole nitrogens is 1. The van der Waals surface area contributed by atoms with Gasteiger partial charge in [-0.15, -0.1) is 12.4 Å². The average Bonchev–Trinajstić information content (AvgIpc) is 2.83. The van der Waals surface area contributed by atoms with Crippen molar-refractivity contribution in [2.24, 2.45) is 0 Å². The number of hydrogen-bond donors (Lipinski definition) is 2. The summed E-state index contributed by atoms with van der Waals surface area (Å²) in [5.74, 6) is 0.959. The second-order valence-electron chi connectivity index (χ2n) is 6.58. The van der Waals surface area contributed by atoms with Gasteiger partial charge in [-0.25, -0.2) is 0 Å². The van der Waals surface area contributed by atoms with Crippen molar-refractivity contribution >= 4 is 45.9 Å². The highest BCUT2D eigenvalue weighted by Gasteiger charge is 2.16. The topological polar surface area (TPSA) is 37.0 Å². The highest BCUT2D eigenvalue weighted by molar-refractivity contribution is 14.1. The molecule has 1 aromatic heterocycles. The van der Waals surface area contributed by atoms with E-state index >= 15 is 0 Å². The first kappa shape index (κ1) is 19.5. The Morgan fingerprint density at radius 3 is 2.65 bits per heavy atom. The molecule has 0 aliphatic carbocycles. The van der Waals surface area contributed by atoms with Gasteiger partial charge in [0.15, 0.2) is 0 Å². The number of ether oxygens (including phenoxy) is 1. The summed E-state index contributed by atoms with van der Waals surface area (Å²) in [7, 11) is 0. The van der Waals surface area contributed by atoms with Crippen molar-refractivity contribution < 1.29 is 4.74 Å². The van der Waals surface area contributed by atoms with Crippen LogP contribution in [0.15, 0.2) is 42.5 Å². The molecule has 0 amide bonds. The highest BCUT2D eigenvalue weighted by atomic mass is 127. The first-order valence-electron chi connectivity index (χ1n) is 9.01. The van der Waals surface area contributed by atoms with Crippen LogP contribution in [0.4, 0.5) is 0 Å². The standard InChI is InChI=1S/C21H23IN2O.ClH/c22-16-6-8-17(9-7-16)25-14-2-4-15-3-1-5-20-21(15)18-10-12-23-13-11-19(18)24-20;/h1,3,5-9,23-24H,2,4,10-14H2;1H. The molecule has 0 unspecified atom stereocenters. The van der Waals surface area contributed by atoms with Gasteiger partial charge >= 0.3 is 0 Å². The van der Waals surface area contributed by atoms with Gasteiger partial charge in [0.1, 0.15) is 5.75 Å². The maximum Gasteiger partial charge on any atom is 0.119 e. The third kappa shape index (κ3) is 4.35. The number of hydrogen-bond acceptors (Lipinski definition) is 2. The molecule has 2 heterocycles. The summed E-state index contributed by atoms with van der Waals surface area (Å²) in [5, 5.41) is 4.95. The van der Waals surface area contributed by atoms with Gasteiger partial charge in [0.2, 0.25) is 0 Å². The first-order valence-corrected chi connectivity index (χ1v) is 10.1. The molecule has 5 heteroatoms. The van der Waals surface area contributed by atoms with E-state index in [-0.39, 0.29) is 12.4 Å². The van der Waals surface area contributed by atoms with Crippen LogP contribution in [0.2, 0.25) is 0 Å². The maximum atomic E-state index is 5.89. The summed E-state index contributed by atoms with van der Waals surface area (Å²) in [4.78, 5) is 3.65. The van der Waals surface area contributed by atoms with Gasteiger partial charge in [0.05, 0.1) is 6.61 Å². The molecular formula is C21H24ClIN2O. The zero-order valence-corrected chi connectivity index (χ0v) is 17.7. The Kier molecular flexibility index (Phi) is 6.84. The minimum atomic E-state index is 0. The summed E-state index contributed by atoms with van der Waals surface area (Å²) in [5.41, 5.74) is 5.68. The lowest BCUT2D eigenvalue weighted by atomic mass is 9.99. The fourth-order valence-electron chi connectivity index (χ4n) is 3.68. The lowest BCUT2D eigenvalue weighted by molar-refractivity contribution is 0.311. The molecule has 3 aromatic rings. The van der Waals surface area contributed by atoms with Crippen molar-refractivity contribution in [1.82, 2.24) is 10.3 Å². The van der Waals surface area contributed by atoms with Crippen molar-refractivity contribution in [3.8, 4) is 5.75 Å². The average molecular weight is 483 g/mol. The van der Waals surface area contributed by atoms with Gasteiger partial charge in [-0.3, -0.25) is 0 Å². The van der Waals surface area contributed by atoms with E-state index in [4.69, 9.17) is 4.74 Å². The van der Waals surface area contributed by atoms with E-state index < -0.39 is 0 Å². The molecule has 138 valence electrons. The van der Waals surface area contributed by atoms with E-state index in [1.807, 2.05) is 12.1 Å². The quantitative estimate of drug-likeness (QED) is 0.401. The summed E-state index contributed by atoms with van der Waals surface area (Å²) < 4.78 is 7.12. The van der Waals surface area contributed by atoms with E-state index in [1.54, 1.807) is 0 Å². The molecule has 0 saturated heterocycles. The van der Waals surface area contributed by atoms with Crippen molar-refractivity contribution in [2.75, 3.05) is 19.7 Å². The number of benzene rings is 2. The second-order valence-corrected chi connectivity index (χ2v) is 7.82. The van der Waals surface area contributed by atoms with Crippen molar-refractivity contribution in [2.45, 2.75) is 25.7 Å². The fraction of sp³-hybridized carbons (Fsp3) is 0.333. The Balaban J connectivity index is 0.00000196. The van der Waals surface area contributed by atoms with Crippen LogP contribution in [0.1, 0.15) is 23.2 Å². The zero-order chi connectivity index (χ0) is 17.1. The highest BCUT2D eigenvalue weighted by Crippen LogP contribution is 2.28. The minimum Gasteiger partial charge on any atom is -0.494 e. The van der Waals surface area contributed by atoms with E-state index in [1.165, 1.54) is 31.3 Å². The smallest absolute Gasteiger partial charge is 0.119 e. The predicted molar refractivity (Wildman–Crippen MR) is 119 cm³/mol. The minimum absolute atomic E-state index is 0. The summed E-state index contributed by atoms with van der Waals surface area (Å²) in [6.07, 6.45) is 4.30. The molecule has 0 atom stereocenters. The number of aryl methyl sites for hydroxylation is 1. The van der Waals surface area contributed by atoms with E-state index in [0.717, 1.165) is 51.1 Å². The molecular weight excluding hydrogens is 459 g/mol. The first-order chi connectivity index (χ1) is 12.3. The number of nitrogens with one attached hydrogen (secondary N) is 2. The summed E-state index contributed by atoms with van der Waals surface area (Å²) in [6.45, 7) is 2.90. The third-order valence-corrected chi connectivity index (χ3v) is 5.60. The van der Waals surface area contributed by atoms with Crippen LogP contribution in [-0.2, 0) is 19.3 Å². The van der Waals surface area contributed by atoms with E-state index in [0.29, 0.717) is 0 Å². The SMILES string of the molecule is Cl.Ic1ccc(OCCCc2cccc3[nH]c4c(c23)CCNCC4)cc1. The Labute approximate surface area is 174 Å². The Bertz CT molecular complexity index is 860. The van der Waals surface area contributed by atoms with Crippen LogP contribution in [0.3, 0.4) is 0 Å². The number of fused-ring (bicyclic) bond motifs is 3. The summed E-state index contributed by atoms with van der Waals surface area (Å²) in [6, 6.07) is 14.9. The largest absolute Gasteiger partial charge is 0.494 e. The van der Waals surface area contributed by atoms with Crippen LogP contribution in [0.25, 0.3) is 10.9 Å². The number of aromatic amines is 1. The fourth-order valence-corrected chi connectivity index (χ4v) is 4.04. The van der Waals surface area contributed by atoms with Crippen molar-refractivity contribution in [1.29, 1.82) is 0 Å². The number of halogens is 2. The molecule has 0 spiro atoms. The van der Waals surface area contributed by atoms with Crippen LogP contribution in [-0.4, -0.2) is 24.7 Å². The van der Waals surface area contributed by atoms with Crippen LogP contribution in [0.5, 0.6) is 5.75 Å². The van der Waals surface area contributed by atoms with E-state index in [2.05, 4.69) is 63.2 Å². The maximum absolute atomic E-state index is 5.89. The molecule has 26 heavy (non-hydrogen) atoms. The molecule has 0 fully saturated rings. The molecule has 4 rings (SSSR count). The number of aromatic nitrogens is 1. The monoisotopic (exact) mass is 482 g/mol. The van der Waals surface area contributed by atoms with Gasteiger partial charge in [-0.2, -0.15) is 0 Å². The van der Waals surface area contributed by atoms with Crippen LogP contribution >= 0.6 is 35.0 Å². The van der Waals surface area contributed by atoms with E-state index in [9.17, 15) is 0 Å². The lowest BCUT2D eigenvalue weighted by Crippen LogP contribution is -2.16. The van der Waals surface area contributed by atoms with Gasteiger partial charge in [0, 0.05) is 33.1 Å². The molecule has 0 saturated carbocycles. The van der Waals surface area contributed by atoms with Gasteiger partial charge in [-0.1, -0.05) is 12.1 Å². The third-order valence-electron chi connectivity index (χ3n) is 4.88. The predicted octanol–water partition coefficient (Wildman–Crippen LogP) is 4.89. The molecule has 1 aliphatic rings. The molecule has 2 aromatic carbocycles. The summed E-state index contributed by atoms with van der Waals surface area (Å²) >= 11 is 2.31. The number of rotatable bonds is 5. The molecule has 0 bridgehead atoms.